The fraction of sp³-hybridized carbons (Fsp3) is 0.462. The van der Waals surface area contributed by atoms with Crippen LogP contribution in [0.3, 0.4) is 0 Å². The van der Waals surface area contributed by atoms with Crippen LogP contribution in [-0.4, -0.2) is 18.6 Å². The molecule has 1 amide bonds. The number of nitrogens with one attached hydrogen (secondary N) is 1. The molecule has 0 unspecified atom stereocenters. The van der Waals surface area contributed by atoms with Gasteiger partial charge in [-0.1, -0.05) is 24.4 Å². The van der Waals surface area contributed by atoms with E-state index in [0.717, 1.165) is 12.8 Å². The standard InChI is InChI=1S/C13H17ClN2O2/c14-11-6-5-9(15)7-12(11)16-13(17)8-18-10-3-1-2-4-10/h5-7,10H,1-4,8,15H2,(H,16,17). The Morgan fingerprint density at radius 3 is 2.89 bits per heavy atom. The molecule has 0 aliphatic heterocycles. The van der Waals surface area contributed by atoms with Gasteiger partial charge in [0.15, 0.2) is 0 Å². The van der Waals surface area contributed by atoms with Crippen molar-refractivity contribution in [2.45, 2.75) is 31.8 Å². The maximum atomic E-state index is 11.7. The van der Waals surface area contributed by atoms with Crippen LogP contribution in [0.5, 0.6) is 0 Å². The number of benzene rings is 1. The zero-order valence-electron chi connectivity index (χ0n) is 10.1. The van der Waals surface area contributed by atoms with Crippen molar-refractivity contribution >= 4 is 28.9 Å². The Hall–Kier alpha value is -1.26. The van der Waals surface area contributed by atoms with E-state index in [1.165, 1.54) is 12.8 Å². The summed E-state index contributed by atoms with van der Waals surface area (Å²) in [5, 5.41) is 3.17. The van der Waals surface area contributed by atoms with E-state index in [0.29, 0.717) is 16.4 Å². The molecule has 5 heteroatoms. The van der Waals surface area contributed by atoms with E-state index >= 15 is 0 Å². The number of carbonyl (C=O) groups is 1. The van der Waals surface area contributed by atoms with Crippen molar-refractivity contribution in [3.63, 3.8) is 0 Å². The molecule has 1 aliphatic carbocycles. The van der Waals surface area contributed by atoms with E-state index in [9.17, 15) is 4.79 Å². The molecule has 0 spiro atoms. The number of halogens is 1. The minimum atomic E-state index is -0.200. The number of nitrogen functional groups attached to an aromatic ring is 1. The van der Waals surface area contributed by atoms with Crippen LogP contribution in [-0.2, 0) is 9.53 Å². The summed E-state index contributed by atoms with van der Waals surface area (Å²) in [6.07, 6.45) is 4.70. The van der Waals surface area contributed by atoms with Crippen molar-refractivity contribution in [1.29, 1.82) is 0 Å². The number of amides is 1. The van der Waals surface area contributed by atoms with E-state index in [-0.39, 0.29) is 18.6 Å². The third-order valence-corrected chi connectivity index (χ3v) is 3.35. The van der Waals surface area contributed by atoms with E-state index < -0.39 is 0 Å². The van der Waals surface area contributed by atoms with Gasteiger partial charge in [0.1, 0.15) is 6.61 Å². The third-order valence-electron chi connectivity index (χ3n) is 3.02. The van der Waals surface area contributed by atoms with Gasteiger partial charge >= 0.3 is 0 Å². The average molecular weight is 269 g/mol. The van der Waals surface area contributed by atoms with Crippen LogP contribution in [0, 0.1) is 0 Å². The molecule has 18 heavy (non-hydrogen) atoms. The molecule has 0 saturated heterocycles. The van der Waals surface area contributed by atoms with Crippen molar-refractivity contribution < 1.29 is 9.53 Å². The maximum absolute atomic E-state index is 11.7. The Labute approximate surface area is 111 Å². The Balaban J connectivity index is 1.84. The molecule has 1 aliphatic rings. The number of carbonyl (C=O) groups excluding carboxylic acids is 1. The summed E-state index contributed by atoms with van der Waals surface area (Å²) in [6, 6.07) is 4.98. The van der Waals surface area contributed by atoms with Gasteiger partial charge in [0.05, 0.1) is 16.8 Å². The average Bonchev–Trinajstić information content (AvgIpc) is 2.84. The summed E-state index contributed by atoms with van der Waals surface area (Å²) in [5.74, 6) is -0.200. The number of anilines is 2. The molecule has 0 radical (unpaired) electrons. The molecule has 2 rings (SSSR count). The van der Waals surface area contributed by atoms with E-state index in [2.05, 4.69) is 5.32 Å². The minimum Gasteiger partial charge on any atom is -0.399 e. The van der Waals surface area contributed by atoms with Crippen LogP contribution in [0.25, 0.3) is 0 Å². The van der Waals surface area contributed by atoms with Gasteiger partial charge < -0.3 is 15.8 Å². The molecule has 1 aromatic rings. The first-order valence-corrected chi connectivity index (χ1v) is 6.49. The van der Waals surface area contributed by atoms with Gasteiger partial charge in [-0.2, -0.15) is 0 Å². The molecule has 1 fully saturated rings. The second-order valence-corrected chi connectivity index (χ2v) is 4.91. The van der Waals surface area contributed by atoms with Gasteiger partial charge in [0.25, 0.3) is 0 Å². The highest BCUT2D eigenvalue weighted by Gasteiger charge is 2.16. The highest BCUT2D eigenvalue weighted by Crippen LogP contribution is 2.24. The highest BCUT2D eigenvalue weighted by atomic mass is 35.5. The molecule has 1 saturated carbocycles. The second kappa shape index (κ2) is 6.07. The van der Waals surface area contributed by atoms with Gasteiger partial charge in [0.2, 0.25) is 5.91 Å². The topological polar surface area (TPSA) is 64.3 Å². The zero-order chi connectivity index (χ0) is 13.0. The first kappa shape index (κ1) is 13.2. The van der Waals surface area contributed by atoms with Crippen LogP contribution < -0.4 is 11.1 Å². The SMILES string of the molecule is Nc1ccc(Cl)c(NC(=O)COC2CCCC2)c1. The number of rotatable bonds is 4. The third kappa shape index (κ3) is 3.62. The summed E-state index contributed by atoms with van der Waals surface area (Å²) < 4.78 is 5.52. The summed E-state index contributed by atoms with van der Waals surface area (Å²) in [6.45, 7) is 0.0653. The molecule has 98 valence electrons. The smallest absolute Gasteiger partial charge is 0.250 e. The van der Waals surface area contributed by atoms with Crippen LogP contribution in [0.2, 0.25) is 5.02 Å². The first-order valence-electron chi connectivity index (χ1n) is 6.11. The van der Waals surface area contributed by atoms with Crippen molar-refractivity contribution in [1.82, 2.24) is 0 Å². The Morgan fingerprint density at radius 1 is 1.44 bits per heavy atom. The van der Waals surface area contributed by atoms with Gasteiger partial charge in [-0.25, -0.2) is 0 Å². The van der Waals surface area contributed by atoms with Crippen LogP contribution in [0.4, 0.5) is 11.4 Å². The molecule has 4 nitrogen and oxygen atoms in total. The lowest BCUT2D eigenvalue weighted by Gasteiger charge is -2.12. The van der Waals surface area contributed by atoms with Crippen LogP contribution >= 0.6 is 11.6 Å². The van der Waals surface area contributed by atoms with Gasteiger partial charge in [-0.05, 0) is 31.0 Å². The van der Waals surface area contributed by atoms with Crippen molar-refractivity contribution in [2.24, 2.45) is 0 Å². The summed E-state index contributed by atoms with van der Waals surface area (Å²) in [4.78, 5) is 11.7. The molecule has 0 bridgehead atoms. The highest BCUT2D eigenvalue weighted by molar-refractivity contribution is 6.33. The van der Waals surface area contributed by atoms with Gasteiger partial charge in [-0.15, -0.1) is 0 Å². The number of ether oxygens (including phenoxy) is 1. The van der Waals surface area contributed by atoms with Crippen molar-refractivity contribution in [3.05, 3.63) is 23.2 Å². The van der Waals surface area contributed by atoms with E-state index in [4.69, 9.17) is 22.1 Å². The first-order chi connectivity index (χ1) is 8.65. The molecular weight excluding hydrogens is 252 g/mol. The lowest BCUT2D eigenvalue weighted by atomic mass is 10.3. The van der Waals surface area contributed by atoms with Gasteiger partial charge in [-0.3, -0.25) is 4.79 Å². The predicted octanol–water partition coefficient (Wildman–Crippen LogP) is 2.82. The maximum Gasteiger partial charge on any atom is 0.250 e. The Bertz CT molecular complexity index is 431. The summed E-state index contributed by atoms with van der Waals surface area (Å²) in [7, 11) is 0. The van der Waals surface area contributed by atoms with Crippen molar-refractivity contribution in [2.75, 3.05) is 17.7 Å². The van der Waals surface area contributed by atoms with Crippen LogP contribution in [0.1, 0.15) is 25.7 Å². The van der Waals surface area contributed by atoms with Crippen LogP contribution in [0.15, 0.2) is 18.2 Å². The minimum absolute atomic E-state index is 0.0653. The fourth-order valence-electron chi connectivity index (χ4n) is 2.07. The quantitative estimate of drug-likeness (QED) is 0.826. The Morgan fingerprint density at radius 2 is 2.17 bits per heavy atom. The summed E-state index contributed by atoms with van der Waals surface area (Å²) >= 11 is 5.96. The fourth-order valence-corrected chi connectivity index (χ4v) is 2.24. The molecule has 0 aromatic heterocycles. The lowest BCUT2D eigenvalue weighted by Crippen LogP contribution is -2.22. The molecule has 0 atom stereocenters. The van der Waals surface area contributed by atoms with Gasteiger partial charge in [0, 0.05) is 5.69 Å². The van der Waals surface area contributed by atoms with E-state index in [1.807, 2.05) is 0 Å². The molecular formula is C13H17ClN2O2. The predicted molar refractivity (Wildman–Crippen MR) is 72.7 cm³/mol. The number of hydrogen-bond donors (Lipinski definition) is 2. The summed E-state index contributed by atoms with van der Waals surface area (Å²) in [5.41, 5.74) is 6.72. The molecule has 1 aromatic carbocycles. The lowest BCUT2D eigenvalue weighted by molar-refractivity contribution is -0.122. The number of hydrogen-bond acceptors (Lipinski definition) is 3. The molecule has 0 heterocycles. The Kier molecular flexibility index (Phi) is 4.44. The number of nitrogens with two attached hydrogens (primary N) is 1. The monoisotopic (exact) mass is 268 g/mol. The largest absolute Gasteiger partial charge is 0.399 e. The zero-order valence-corrected chi connectivity index (χ0v) is 10.9. The second-order valence-electron chi connectivity index (χ2n) is 4.50. The van der Waals surface area contributed by atoms with Crippen molar-refractivity contribution in [3.8, 4) is 0 Å². The normalized spacial score (nSPS) is 15.8. The van der Waals surface area contributed by atoms with E-state index in [1.54, 1.807) is 18.2 Å². The molecule has 3 N–H and O–H groups in total.